The van der Waals surface area contributed by atoms with Crippen LogP contribution in [-0.4, -0.2) is 87.8 Å². The van der Waals surface area contributed by atoms with Gasteiger partial charge in [0, 0.05) is 39.3 Å². The number of piperazine rings is 1. The molecule has 0 aliphatic carbocycles. The molecule has 2 heterocycles. The highest BCUT2D eigenvalue weighted by Gasteiger charge is 2.27. The van der Waals surface area contributed by atoms with E-state index in [9.17, 15) is 22.4 Å². The Labute approximate surface area is 170 Å². The molecule has 0 bridgehead atoms. The minimum Gasteiger partial charge on any atom is -0.342 e. The Kier molecular flexibility index (Phi) is 6.86. The normalized spacial score (nSPS) is 18.7. The molecule has 160 valence electrons. The zero-order valence-corrected chi connectivity index (χ0v) is 17.4. The quantitative estimate of drug-likeness (QED) is 0.741. The molecule has 2 fully saturated rings. The van der Waals surface area contributed by atoms with Gasteiger partial charge in [-0.15, -0.1) is 0 Å². The molecule has 29 heavy (non-hydrogen) atoms. The predicted octanol–water partition coefficient (Wildman–Crippen LogP) is 0.504. The summed E-state index contributed by atoms with van der Waals surface area (Å²) < 4.78 is 40.2. The van der Waals surface area contributed by atoms with Crippen molar-refractivity contribution in [2.45, 2.75) is 24.2 Å². The fraction of sp³-hybridized carbons (Fsp3) is 0.579. The Morgan fingerprint density at radius 2 is 1.66 bits per heavy atom. The highest BCUT2D eigenvalue weighted by atomic mass is 32.2. The topological polar surface area (TPSA) is 90.0 Å². The summed E-state index contributed by atoms with van der Waals surface area (Å²) in [6.07, 6.45) is 3.25. The Balaban J connectivity index is 1.60. The van der Waals surface area contributed by atoms with Crippen LogP contribution in [0.15, 0.2) is 23.1 Å². The van der Waals surface area contributed by atoms with Gasteiger partial charge in [-0.1, -0.05) is 0 Å². The minimum atomic E-state index is -3.77. The molecule has 2 saturated heterocycles. The van der Waals surface area contributed by atoms with Crippen molar-refractivity contribution in [1.82, 2.24) is 19.4 Å². The molecule has 1 N–H and O–H groups in total. The summed E-state index contributed by atoms with van der Waals surface area (Å²) in [5, 5.41) is 0. The molecule has 2 aliphatic rings. The number of carbonyl (C=O) groups is 2. The number of halogens is 1. The lowest BCUT2D eigenvalue weighted by molar-refractivity contribution is -0.133. The Morgan fingerprint density at radius 3 is 2.28 bits per heavy atom. The van der Waals surface area contributed by atoms with E-state index in [2.05, 4.69) is 4.72 Å². The van der Waals surface area contributed by atoms with Crippen molar-refractivity contribution < 1.29 is 22.4 Å². The van der Waals surface area contributed by atoms with Gasteiger partial charge in [0.05, 0.1) is 17.0 Å². The molecule has 10 heteroatoms. The molecule has 1 aromatic rings. The van der Waals surface area contributed by atoms with E-state index in [1.165, 1.54) is 11.9 Å². The Hall–Kier alpha value is -2.04. The number of benzene rings is 1. The van der Waals surface area contributed by atoms with E-state index >= 15 is 0 Å². The largest absolute Gasteiger partial charge is 0.342 e. The third kappa shape index (κ3) is 5.12. The summed E-state index contributed by atoms with van der Waals surface area (Å²) in [6.45, 7) is 3.68. The van der Waals surface area contributed by atoms with Gasteiger partial charge in [0.25, 0.3) is 5.91 Å². The fourth-order valence-corrected chi connectivity index (χ4v) is 4.42. The van der Waals surface area contributed by atoms with Gasteiger partial charge in [0.15, 0.2) is 0 Å². The number of likely N-dealkylation sites (tertiary alicyclic amines) is 1. The molecule has 0 unspecified atom stereocenters. The lowest BCUT2D eigenvalue weighted by Crippen LogP contribution is -2.52. The van der Waals surface area contributed by atoms with Gasteiger partial charge < -0.3 is 9.80 Å². The maximum Gasteiger partial charge on any atom is 0.256 e. The first-order chi connectivity index (χ1) is 13.8. The second-order valence-corrected chi connectivity index (χ2v) is 9.25. The van der Waals surface area contributed by atoms with Crippen LogP contribution >= 0.6 is 0 Å². The van der Waals surface area contributed by atoms with Gasteiger partial charge in [-0.25, -0.2) is 17.5 Å². The number of nitrogens with zero attached hydrogens (tertiary/aromatic N) is 3. The van der Waals surface area contributed by atoms with Crippen LogP contribution in [0.25, 0.3) is 0 Å². The fourth-order valence-electron chi connectivity index (χ4n) is 3.67. The third-order valence-corrected chi connectivity index (χ3v) is 6.89. The SMILES string of the molecule is CNS(=O)(=O)c1ccc(F)c(C(=O)N2CCN(CC(=O)N3CCCCC3)CC2)c1. The summed E-state index contributed by atoms with van der Waals surface area (Å²) in [7, 11) is -2.52. The average Bonchev–Trinajstić information content (AvgIpc) is 2.74. The van der Waals surface area contributed by atoms with Crippen molar-refractivity contribution in [1.29, 1.82) is 0 Å². The number of hydrogen-bond donors (Lipinski definition) is 1. The first-order valence-electron chi connectivity index (χ1n) is 9.84. The number of carbonyl (C=O) groups excluding carboxylic acids is 2. The van der Waals surface area contributed by atoms with Crippen LogP contribution in [0, 0.1) is 5.82 Å². The molecule has 0 spiro atoms. The number of nitrogens with one attached hydrogen (secondary N) is 1. The van der Waals surface area contributed by atoms with Gasteiger partial charge in [-0.2, -0.15) is 0 Å². The van der Waals surface area contributed by atoms with Crippen LogP contribution in [-0.2, 0) is 14.8 Å². The van der Waals surface area contributed by atoms with Crippen LogP contribution in [0.5, 0.6) is 0 Å². The lowest BCUT2D eigenvalue weighted by atomic mass is 10.1. The smallest absolute Gasteiger partial charge is 0.256 e. The monoisotopic (exact) mass is 426 g/mol. The molecular weight excluding hydrogens is 399 g/mol. The van der Waals surface area contributed by atoms with E-state index in [0.717, 1.165) is 50.6 Å². The molecule has 8 nitrogen and oxygen atoms in total. The van der Waals surface area contributed by atoms with Crippen LogP contribution in [0.2, 0.25) is 0 Å². The molecular formula is C19H27FN4O4S. The molecule has 0 atom stereocenters. The van der Waals surface area contributed by atoms with Crippen molar-refractivity contribution >= 4 is 21.8 Å². The standard InChI is InChI=1S/C19H27FN4O4S/c1-21-29(27,28)15-5-6-17(20)16(13-15)19(26)24-11-9-22(10-12-24)14-18(25)23-7-3-2-4-8-23/h5-6,13,21H,2-4,7-12,14H2,1H3. The van der Waals surface area contributed by atoms with Crippen LogP contribution in [0.1, 0.15) is 29.6 Å². The Bertz CT molecular complexity index is 863. The highest BCUT2D eigenvalue weighted by molar-refractivity contribution is 7.89. The van der Waals surface area contributed by atoms with Crippen molar-refractivity contribution in [2.75, 3.05) is 52.9 Å². The summed E-state index contributed by atoms with van der Waals surface area (Å²) in [5.41, 5.74) is -0.265. The molecule has 0 saturated carbocycles. The molecule has 3 rings (SSSR count). The number of rotatable bonds is 5. The highest BCUT2D eigenvalue weighted by Crippen LogP contribution is 2.18. The van der Waals surface area contributed by atoms with E-state index in [4.69, 9.17) is 0 Å². The zero-order chi connectivity index (χ0) is 21.0. The molecule has 2 aliphatic heterocycles. The first-order valence-corrected chi connectivity index (χ1v) is 11.3. The van der Waals surface area contributed by atoms with Gasteiger partial charge in [-0.3, -0.25) is 14.5 Å². The number of piperidine rings is 1. The van der Waals surface area contributed by atoms with Crippen molar-refractivity contribution in [3.05, 3.63) is 29.6 Å². The van der Waals surface area contributed by atoms with Crippen molar-refractivity contribution in [3.8, 4) is 0 Å². The summed E-state index contributed by atoms with van der Waals surface area (Å²) in [6, 6.07) is 3.18. The number of sulfonamides is 1. The van der Waals surface area contributed by atoms with Crippen molar-refractivity contribution in [3.63, 3.8) is 0 Å². The zero-order valence-electron chi connectivity index (χ0n) is 16.6. The second kappa shape index (κ2) is 9.19. The van der Waals surface area contributed by atoms with Crippen molar-refractivity contribution in [2.24, 2.45) is 0 Å². The van der Waals surface area contributed by atoms with E-state index in [-0.39, 0.29) is 16.4 Å². The first kappa shape index (κ1) is 21.7. The minimum absolute atomic E-state index is 0.112. The van der Waals surface area contributed by atoms with E-state index < -0.39 is 21.7 Å². The van der Waals surface area contributed by atoms with Gasteiger partial charge in [-0.05, 0) is 44.5 Å². The van der Waals surface area contributed by atoms with Gasteiger partial charge in [0.2, 0.25) is 15.9 Å². The average molecular weight is 427 g/mol. The molecule has 1 aromatic carbocycles. The van der Waals surface area contributed by atoms with Gasteiger partial charge in [0.1, 0.15) is 5.82 Å². The van der Waals surface area contributed by atoms with Crippen LogP contribution in [0.3, 0.4) is 0 Å². The Morgan fingerprint density at radius 1 is 1.00 bits per heavy atom. The second-order valence-electron chi connectivity index (χ2n) is 7.36. The molecule has 2 amide bonds. The lowest BCUT2D eigenvalue weighted by Gasteiger charge is -2.36. The predicted molar refractivity (Wildman–Crippen MR) is 105 cm³/mol. The van der Waals surface area contributed by atoms with E-state index in [0.29, 0.717) is 32.7 Å². The molecule has 0 radical (unpaired) electrons. The molecule has 0 aromatic heterocycles. The number of amides is 2. The maximum atomic E-state index is 14.2. The summed E-state index contributed by atoms with van der Waals surface area (Å²) in [5.74, 6) is -1.19. The van der Waals surface area contributed by atoms with Crippen LogP contribution in [0.4, 0.5) is 4.39 Å². The van der Waals surface area contributed by atoms with E-state index in [1.807, 2.05) is 9.80 Å². The summed E-state index contributed by atoms with van der Waals surface area (Å²) in [4.78, 5) is 30.4. The summed E-state index contributed by atoms with van der Waals surface area (Å²) >= 11 is 0. The number of hydrogen-bond acceptors (Lipinski definition) is 5. The maximum absolute atomic E-state index is 14.2. The van der Waals surface area contributed by atoms with Crippen LogP contribution < -0.4 is 4.72 Å². The van der Waals surface area contributed by atoms with Gasteiger partial charge >= 0.3 is 0 Å². The van der Waals surface area contributed by atoms with E-state index in [1.54, 1.807) is 0 Å². The third-order valence-electron chi connectivity index (χ3n) is 5.47.